The van der Waals surface area contributed by atoms with Gasteiger partial charge in [-0.25, -0.2) is 0 Å². The molecule has 0 bridgehead atoms. The average molecular weight is 282 g/mol. The first-order valence-electron chi connectivity index (χ1n) is 7.16. The quantitative estimate of drug-likeness (QED) is 0.723. The highest BCUT2D eigenvalue weighted by molar-refractivity contribution is 5.80. The topological polar surface area (TPSA) is 26.3 Å². The number of carbonyl (C=O) groups is 1. The first-order valence-corrected chi connectivity index (χ1v) is 7.16. The van der Waals surface area contributed by atoms with Crippen LogP contribution in [0.5, 0.6) is 11.5 Å². The van der Waals surface area contributed by atoms with E-state index < -0.39 is 0 Å². The van der Waals surface area contributed by atoms with E-state index in [1.54, 1.807) is 0 Å². The van der Waals surface area contributed by atoms with Gasteiger partial charge in [0.25, 0.3) is 0 Å². The van der Waals surface area contributed by atoms with E-state index in [-0.39, 0.29) is 5.41 Å². The van der Waals surface area contributed by atoms with E-state index in [4.69, 9.17) is 4.74 Å². The fourth-order valence-electron chi connectivity index (χ4n) is 2.30. The minimum Gasteiger partial charge on any atom is -0.456 e. The van der Waals surface area contributed by atoms with Gasteiger partial charge in [-0.2, -0.15) is 0 Å². The van der Waals surface area contributed by atoms with Gasteiger partial charge in [0.1, 0.15) is 11.5 Å². The maximum absolute atomic E-state index is 11.2. The molecule has 2 aromatic carbocycles. The Morgan fingerprint density at radius 1 is 0.905 bits per heavy atom. The molecule has 0 heterocycles. The SMILES string of the molecule is Cc1ccc(Oc2cc(C)ccc2C(C)(C)C)c(C=O)c1. The second kappa shape index (κ2) is 5.72. The van der Waals surface area contributed by atoms with Crippen LogP contribution in [0.25, 0.3) is 0 Å². The number of benzene rings is 2. The largest absolute Gasteiger partial charge is 0.456 e. The summed E-state index contributed by atoms with van der Waals surface area (Å²) in [4.78, 5) is 11.2. The first kappa shape index (κ1) is 15.3. The zero-order valence-corrected chi connectivity index (χ0v) is 13.4. The Hall–Kier alpha value is -2.09. The molecule has 2 nitrogen and oxygen atoms in total. The van der Waals surface area contributed by atoms with E-state index in [2.05, 4.69) is 32.9 Å². The van der Waals surface area contributed by atoms with Crippen molar-refractivity contribution in [3.8, 4) is 11.5 Å². The van der Waals surface area contributed by atoms with Crippen molar-refractivity contribution in [2.45, 2.75) is 40.0 Å². The highest BCUT2D eigenvalue weighted by Crippen LogP contribution is 2.35. The van der Waals surface area contributed by atoms with Crippen molar-refractivity contribution >= 4 is 6.29 Å². The van der Waals surface area contributed by atoms with Gasteiger partial charge in [0.15, 0.2) is 6.29 Å². The third kappa shape index (κ3) is 3.52. The van der Waals surface area contributed by atoms with Gasteiger partial charge in [-0.3, -0.25) is 4.79 Å². The van der Waals surface area contributed by atoms with Gasteiger partial charge < -0.3 is 4.74 Å². The lowest BCUT2D eigenvalue weighted by Gasteiger charge is -2.23. The Morgan fingerprint density at radius 3 is 2.14 bits per heavy atom. The van der Waals surface area contributed by atoms with Crippen molar-refractivity contribution in [3.05, 3.63) is 58.7 Å². The molecule has 0 atom stereocenters. The molecular formula is C19H22O2. The van der Waals surface area contributed by atoms with Crippen LogP contribution >= 0.6 is 0 Å². The van der Waals surface area contributed by atoms with Crippen molar-refractivity contribution in [1.82, 2.24) is 0 Å². The van der Waals surface area contributed by atoms with Crippen molar-refractivity contribution in [2.24, 2.45) is 0 Å². The molecule has 0 aliphatic rings. The van der Waals surface area contributed by atoms with Gasteiger partial charge >= 0.3 is 0 Å². The molecular weight excluding hydrogens is 260 g/mol. The Bertz CT molecular complexity index is 664. The zero-order chi connectivity index (χ0) is 15.6. The van der Waals surface area contributed by atoms with E-state index in [0.29, 0.717) is 11.3 Å². The number of aryl methyl sites for hydroxylation is 2. The number of hydrogen-bond acceptors (Lipinski definition) is 2. The average Bonchev–Trinajstić information content (AvgIpc) is 2.39. The molecule has 0 spiro atoms. The van der Waals surface area contributed by atoms with E-state index in [1.165, 1.54) is 0 Å². The molecule has 0 saturated heterocycles. The molecule has 0 aromatic heterocycles. The van der Waals surface area contributed by atoms with Crippen LogP contribution in [0.3, 0.4) is 0 Å². The summed E-state index contributed by atoms with van der Waals surface area (Å²) in [5.74, 6) is 1.42. The summed E-state index contributed by atoms with van der Waals surface area (Å²) >= 11 is 0. The van der Waals surface area contributed by atoms with E-state index in [0.717, 1.165) is 28.7 Å². The lowest BCUT2D eigenvalue weighted by atomic mass is 9.86. The van der Waals surface area contributed by atoms with Gasteiger partial charge in [-0.05, 0) is 43.0 Å². The summed E-state index contributed by atoms with van der Waals surface area (Å²) < 4.78 is 6.06. The van der Waals surface area contributed by atoms with E-state index >= 15 is 0 Å². The molecule has 0 aliphatic carbocycles. The van der Waals surface area contributed by atoms with Gasteiger partial charge in [0, 0.05) is 5.56 Å². The maximum atomic E-state index is 11.2. The fourth-order valence-corrected chi connectivity index (χ4v) is 2.30. The van der Waals surface area contributed by atoms with Gasteiger partial charge in [0.05, 0.1) is 5.56 Å². The van der Waals surface area contributed by atoms with Crippen LogP contribution < -0.4 is 4.74 Å². The monoisotopic (exact) mass is 282 g/mol. The third-order valence-electron chi connectivity index (χ3n) is 3.46. The molecule has 21 heavy (non-hydrogen) atoms. The molecule has 0 fully saturated rings. The van der Waals surface area contributed by atoms with Crippen molar-refractivity contribution in [2.75, 3.05) is 0 Å². The summed E-state index contributed by atoms with van der Waals surface area (Å²) in [5, 5.41) is 0. The molecule has 0 aliphatic heterocycles. The summed E-state index contributed by atoms with van der Waals surface area (Å²) in [6.07, 6.45) is 0.842. The van der Waals surface area contributed by atoms with Crippen LogP contribution in [-0.2, 0) is 5.41 Å². The number of carbonyl (C=O) groups excluding carboxylic acids is 1. The summed E-state index contributed by atoms with van der Waals surface area (Å²) in [7, 11) is 0. The van der Waals surface area contributed by atoms with Crippen LogP contribution in [0.2, 0.25) is 0 Å². The standard InChI is InChI=1S/C19H22O2/c1-13-7-9-17(15(10-13)12-20)21-18-11-14(2)6-8-16(18)19(3,4)5/h6-12H,1-5H3. The van der Waals surface area contributed by atoms with E-state index in [9.17, 15) is 4.79 Å². The predicted molar refractivity (Wildman–Crippen MR) is 86.5 cm³/mol. The fraction of sp³-hybridized carbons (Fsp3) is 0.316. The van der Waals surface area contributed by atoms with Crippen LogP contribution in [-0.4, -0.2) is 6.29 Å². The lowest BCUT2D eigenvalue weighted by molar-refractivity contribution is 0.112. The molecule has 2 rings (SSSR count). The van der Waals surface area contributed by atoms with Crippen LogP contribution in [0.1, 0.15) is 47.8 Å². The van der Waals surface area contributed by atoms with Gasteiger partial charge in [-0.1, -0.05) is 44.5 Å². The molecule has 110 valence electrons. The molecule has 2 aromatic rings. The van der Waals surface area contributed by atoms with Gasteiger partial charge in [0.2, 0.25) is 0 Å². The highest BCUT2D eigenvalue weighted by atomic mass is 16.5. The number of ether oxygens (including phenoxy) is 1. The molecule has 2 heteroatoms. The number of rotatable bonds is 3. The Labute approximate surface area is 126 Å². The summed E-state index contributed by atoms with van der Waals surface area (Å²) in [6.45, 7) is 10.5. The Morgan fingerprint density at radius 2 is 1.52 bits per heavy atom. The molecule has 0 unspecified atom stereocenters. The second-order valence-corrected chi connectivity index (χ2v) is 6.51. The minimum absolute atomic E-state index is 0.0188. The van der Waals surface area contributed by atoms with Crippen molar-refractivity contribution < 1.29 is 9.53 Å². The van der Waals surface area contributed by atoms with Crippen molar-refractivity contribution in [1.29, 1.82) is 0 Å². The van der Waals surface area contributed by atoms with Crippen LogP contribution in [0.15, 0.2) is 36.4 Å². The zero-order valence-electron chi connectivity index (χ0n) is 13.4. The molecule has 0 N–H and O–H groups in total. The van der Waals surface area contributed by atoms with Crippen molar-refractivity contribution in [3.63, 3.8) is 0 Å². The third-order valence-corrected chi connectivity index (χ3v) is 3.46. The predicted octanol–water partition coefficient (Wildman–Crippen LogP) is 5.21. The van der Waals surface area contributed by atoms with Crippen LogP contribution in [0.4, 0.5) is 0 Å². The molecule has 0 radical (unpaired) electrons. The number of hydrogen-bond donors (Lipinski definition) is 0. The summed E-state index contributed by atoms with van der Waals surface area (Å²) in [6, 6.07) is 11.9. The Kier molecular flexibility index (Phi) is 4.17. The highest BCUT2D eigenvalue weighted by Gasteiger charge is 2.20. The number of aldehydes is 1. The first-order chi connectivity index (χ1) is 9.81. The molecule has 0 saturated carbocycles. The van der Waals surface area contributed by atoms with Gasteiger partial charge in [-0.15, -0.1) is 0 Å². The lowest BCUT2D eigenvalue weighted by Crippen LogP contribution is -2.12. The normalized spacial score (nSPS) is 11.3. The van der Waals surface area contributed by atoms with Crippen LogP contribution in [0, 0.1) is 13.8 Å². The smallest absolute Gasteiger partial charge is 0.153 e. The summed E-state index contributed by atoms with van der Waals surface area (Å²) in [5.41, 5.74) is 3.87. The maximum Gasteiger partial charge on any atom is 0.153 e. The minimum atomic E-state index is -0.0188. The second-order valence-electron chi connectivity index (χ2n) is 6.51. The van der Waals surface area contributed by atoms with E-state index in [1.807, 2.05) is 38.1 Å². The Balaban J connectivity index is 2.49. The molecule has 0 amide bonds.